The Kier molecular flexibility index (Phi) is 9.02. The molecular formula is C60H58BF2N3S. The Morgan fingerprint density at radius 1 is 0.746 bits per heavy atom. The summed E-state index contributed by atoms with van der Waals surface area (Å²) < 4.78 is 35.9. The minimum atomic E-state index is -0.331. The fourth-order valence-electron chi connectivity index (χ4n) is 13.7. The molecule has 336 valence electrons. The van der Waals surface area contributed by atoms with Crippen LogP contribution in [-0.2, 0) is 21.7 Å². The quantitative estimate of drug-likeness (QED) is 0.165. The summed E-state index contributed by atoms with van der Waals surface area (Å²) in [6, 6.07) is 39.4. The number of anilines is 6. The minimum absolute atomic E-state index is 0.00765. The van der Waals surface area contributed by atoms with Gasteiger partial charge in [0.25, 0.3) is 6.71 Å². The van der Waals surface area contributed by atoms with Crippen molar-refractivity contribution >= 4 is 78.0 Å². The number of para-hydroxylation sites is 1. The first kappa shape index (κ1) is 42.6. The number of halogens is 2. The summed E-state index contributed by atoms with van der Waals surface area (Å²) in [7, 11) is 0. The number of nitriles is 1. The van der Waals surface area contributed by atoms with Crippen LogP contribution in [-0.4, -0.2) is 6.71 Å². The lowest BCUT2D eigenvalue weighted by molar-refractivity contribution is 0.0925. The van der Waals surface area contributed by atoms with Crippen molar-refractivity contribution in [3.8, 4) is 6.07 Å². The maximum Gasteiger partial charge on any atom is 0.260 e. The second-order valence-electron chi connectivity index (χ2n) is 23.3. The first-order chi connectivity index (χ1) is 31.8. The molecular weight excluding hydrogens is 844 g/mol. The topological polar surface area (TPSA) is 30.3 Å². The van der Waals surface area contributed by atoms with Gasteiger partial charge in [-0.3, -0.25) is 0 Å². The van der Waals surface area contributed by atoms with E-state index in [0.29, 0.717) is 11.3 Å². The third-order valence-electron chi connectivity index (χ3n) is 17.7. The van der Waals surface area contributed by atoms with E-state index < -0.39 is 0 Å². The molecule has 3 heterocycles. The zero-order chi connectivity index (χ0) is 46.7. The molecule has 0 spiro atoms. The molecule has 12 rings (SSSR count). The zero-order valence-electron chi connectivity index (χ0n) is 40.3. The van der Waals surface area contributed by atoms with Crippen LogP contribution >= 0.6 is 11.3 Å². The molecule has 0 radical (unpaired) electrons. The lowest BCUT2D eigenvalue weighted by Crippen LogP contribution is -2.61. The smallest absolute Gasteiger partial charge is 0.260 e. The molecule has 7 heteroatoms. The SMILES string of the molecule is CC(C)(C)c1ccc(N2c3cc(N(c4ccc(C#N)cc4)c4ccccc4F)cc4c3B(c3cc(F)cc5c3C4C3(C)CCCCC53C)c3sc4cc5c(cc4c32)C(C)(C)CCC5(C)C)cc1. The van der Waals surface area contributed by atoms with Crippen molar-refractivity contribution in [1.29, 1.82) is 5.26 Å². The van der Waals surface area contributed by atoms with E-state index in [4.69, 9.17) is 0 Å². The predicted octanol–water partition coefficient (Wildman–Crippen LogP) is 14.8. The van der Waals surface area contributed by atoms with Crippen molar-refractivity contribution in [2.75, 3.05) is 9.80 Å². The van der Waals surface area contributed by atoms with Gasteiger partial charge in [0.15, 0.2) is 0 Å². The van der Waals surface area contributed by atoms with Crippen molar-refractivity contribution in [3.63, 3.8) is 0 Å². The molecule has 3 unspecified atom stereocenters. The van der Waals surface area contributed by atoms with E-state index in [1.807, 2.05) is 64.8 Å². The standard InChI is InChI=1S/C60H58BF2N3S/c1-56(2,3)36-18-22-39(23-19-36)66-49-31-40(65(48-15-11-10-14-47(48)63)38-20-16-35(34-64)17-21-38)30-42-52-51-45(59(8)24-12-13-25-60(52,59)9)28-37(62)29-46(51)61(53(42)49)55-54(66)41-32-43-44(33-50(41)67-55)58(6,7)27-26-57(43,4)5/h10-11,14-23,28-33,52H,12-13,24-27H2,1-9H3. The summed E-state index contributed by atoms with van der Waals surface area (Å²) in [5.41, 5.74) is 15.6. The van der Waals surface area contributed by atoms with Crippen LogP contribution < -0.4 is 25.5 Å². The highest BCUT2D eigenvalue weighted by Crippen LogP contribution is 2.68. The molecule has 6 aromatic carbocycles. The number of fused-ring (bicyclic) bond motifs is 10. The molecule has 0 amide bonds. The van der Waals surface area contributed by atoms with E-state index >= 15 is 8.78 Å². The lowest BCUT2D eigenvalue weighted by Gasteiger charge is -2.50. The van der Waals surface area contributed by atoms with Gasteiger partial charge in [-0.05, 0) is 177 Å². The summed E-state index contributed by atoms with van der Waals surface area (Å²) in [6.07, 6.45) is 6.51. The van der Waals surface area contributed by atoms with Gasteiger partial charge < -0.3 is 9.80 Å². The Labute approximate surface area is 399 Å². The highest BCUT2D eigenvalue weighted by atomic mass is 32.1. The Hall–Kier alpha value is -5.71. The number of nitrogens with zero attached hydrogens (tertiary/aromatic N) is 3. The molecule has 3 atom stereocenters. The zero-order valence-corrected chi connectivity index (χ0v) is 41.1. The number of hydrogen-bond donors (Lipinski definition) is 0. The van der Waals surface area contributed by atoms with Crippen LogP contribution in [0.1, 0.15) is 146 Å². The fraction of sp³-hybridized carbons (Fsp3) is 0.350. The molecule has 3 aliphatic carbocycles. The van der Waals surface area contributed by atoms with E-state index in [0.717, 1.165) is 72.4 Å². The Morgan fingerprint density at radius 3 is 2.12 bits per heavy atom. The van der Waals surface area contributed by atoms with Crippen LogP contribution in [0.5, 0.6) is 0 Å². The maximum atomic E-state index is 16.8. The van der Waals surface area contributed by atoms with Gasteiger partial charge in [0, 0.05) is 43.5 Å². The molecule has 3 nitrogen and oxygen atoms in total. The molecule has 1 fully saturated rings. The van der Waals surface area contributed by atoms with Crippen molar-refractivity contribution < 1.29 is 8.78 Å². The van der Waals surface area contributed by atoms with E-state index in [1.54, 1.807) is 6.07 Å². The number of thiophene rings is 1. The van der Waals surface area contributed by atoms with Crippen LogP contribution in [0.4, 0.5) is 42.9 Å². The van der Waals surface area contributed by atoms with Gasteiger partial charge in [-0.15, -0.1) is 11.3 Å². The molecule has 0 saturated heterocycles. The van der Waals surface area contributed by atoms with Gasteiger partial charge in [0.05, 0.1) is 23.0 Å². The molecule has 5 aliphatic rings. The first-order valence-corrected chi connectivity index (χ1v) is 25.2. The summed E-state index contributed by atoms with van der Waals surface area (Å²) in [4.78, 5) is 4.57. The van der Waals surface area contributed by atoms with Crippen LogP contribution in [0, 0.1) is 28.4 Å². The molecule has 1 saturated carbocycles. The fourth-order valence-corrected chi connectivity index (χ4v) is 15.0. The summed E-state index contributed by atoms with van der Waals surface area (Å²) in [5.74, 6) is -0.492. The van der Waals surface area contributed by atoms with Crippen LogP contribution in [0.3, 0.4) is 0 Å². The van der Waals surface area contributed by atoms with E-state index in [-0.39, 0.29) is 51.3 Å². The Balaban J connectivity index is 1.24. The molecule has 7 aromatic rings. The van der Waals surface area contributed by atoms with Crippen molar-refractivity contribution in [2.24, 2.45) is 5.41 Å². The van der Waals surface area contributed by atoms with E-state index in [2.05, 4.69) is 122 Å². The largest absolute Gasteiger partial charge is 0.310 e. The second kappa shape index (κ2) is 14.2. The van der Waals surface area contributed by atoms with Crippen LogP contribution in [0.15, 0.2) is 109 Å². The molecule has 1 aromatic heterocycles. The lowest BCUT2D eigenvalue weighted by atomic mass is 9.33. The van der Waals surface area contributed by atoms with Crippen molar-refractivity contribution in [3.05, 3.63) is 160 Å². The summed E-state index contributed by atoms with van der Waals surface area (Å²) in [5, 5.41) is 11.1. The van der Waals surface area contributed by atoms with Gasteiger partial charge in [-0.25, -0.2) is 8.78 Å². The van der Waals surface area contributed by atoms with Crippen LogP contribution in [0.2, 0.25) is 0 Å². The average Bonchev–Trinajstić information content (AvgIpc) is 3.76. The number of rotatable bonds is 4. The highest BCUT2D eigenvalue weighted by molar-refractivity contribution is 7.33. The maximum absolute atomic E-state index is 16.8. The third-order valence-corrected chi connectivity index (χ3v) is 18.9. The number of hydrogen-bond acceptors (Lipinski definition) is 4. The minimum Gasteiger partial charge on any atom is -0.310 e. The third kappa shape index (κ3) is 5.90. The summed E-state index contributed by atoms with van der Waals surface area (Å²) in [6.45, 7) is 21.1. The molecule has 0 N–H and O–H groups in total. The van der Waals surface area contributed by atoms with Gasteiger partial charge in [0.2, 0.25) is 0 Å². The number of benzene rings is 6. The Morgan fingerprint density at radius 2 is 1.43 bits per heavy atom. The monoisotopic (exact) mass is 901 g/mol. The van der Waals surface area contributed by atoms with Gasteiger partial charge in [0.1, 0.15) is 11.6 Å². The average molecular weight is 902 g/mol. The van der Waals surface area contributed by atoms with Crippen molar-refractivity contribution in [1.82, 2.24) is 0 Å². The predicted molar refractivity (Wildman–Crippen MR) is 277 cm³/mol. The van der Waals surface area contributed by atoms with E-state index in [1.165, 1.54) is 59.8 Å². The van der Waals surface area contributed by atoms with Crippen LogP contribution in [0.25, 0.3) is 10.1 Å². The van der Waals surface area contributed by atoms with E-state index in [9.17, 15) is 5.26 Å². The highest BCUT2D eigenvalue weighted by Gasteiger charge is 2.63. The van der Waals surface area contributed by atoms with Gasteiger partial charge in [-0.1, -0.05) is 105 Å². The first-order valence-electron chi connectivity index (χ1n) is 24.4. The van der Waals surface area contributed by atoms with Gasteiger partial charge >= 0.3 is 0 Å². The Bertz CT molecular complexity index is 3280. The van der Waals surface area contributed by atoms with Crippen molar-refractivity contribution in [2.45, 2.75) is 128 Å². The summed E-state index contributed by atoms with van der Waals surface area (Å²) >= 11 is 1.90. The molecule has 0 bridgehead atoms. The second-order valence-corrected chi connectivity index (χ2v) is 24.4. The van der Waals surface area contributed by atoms with Gasteiger partial charge in [-0.2, -0.15) is 5.26 Å². The molecule has 2 aliphatic heterocycles. The molecule has 67 heavy (non-hydrogen) atoms. The normalized spacial score (nSPS) is 22.6.